The molecule has 0 radical (unpaired) electrons. The molecule has 2 aliphatic rings. The quantitative estimate of drug-likeness (QED) is 0.925. The number of aliphatic hydroxyl groups is 1. The number of likely N-dealkylation sites (tertiary alicyclic amines) is 1. The highest BCUT2D eigenvalue weighted by Gasteiger charge is 2.36. The minimum absolute atomic E-state index is 0.235. The molecule has 1 aliphatic carbocycles. The third kappa shape index (κ3) is 3.95. The van der Waals surface area contributed by atoms with Gasteiger partial charge < -0.3 is 9.84 Å². The van der Waals surface area contributed by atoms with Crippen molar-refractivity contribution >= 4 is 0 Å². The molecule has 1 unspecified atom stereocenters. The first-order chi connectivity index (χ1) is 10.1. The Morgan fingerprint density at radius 2 is 2.00 bits per heavy atom. The molecule has 0 amide bonds. The van der Waals surface area contributed by atoms with Crippen LogP contribution < -0.4 is 4.74 Å². The lowest BCUT2D eigenvalue weighted by Gasteiger charge is -2.37. The Hall–Kier alpha value is -1.13. The van der Waals surface area contributed by atoms with Crippen LogP contribution in [0.4, 0.5) is 0 Å². The average Bonchev–Trinajstić information content (AvgIpc) is 2.90. The van der Waals surface area contributed by atoms with Gasteiger partial charge in [-0.3, -0.25) is 9.88 Å². The predicted octanol–water partition coefficient (Wildman–Crippen LogP) is 2.48. The van der Waals surface area contributed by atoms with E-state index < -0.39 is 5.60 Å². The van der Waals surface area contributed by atoms with Crippen LogP contribution in [0.1, 0.15) is 39.0 Å². The fourth-order valence-corrected chi connectivity index (χ4v) is 3.52. The summed E-state index contributed by atoms with van der Waals surface area (Å²) in [5.74, 6) is 1.66. The number of β-amino-alcohol motifs (C(OH)–C–C–N with tert-alkyl or cyclic N) is 1. The number of ether oxygens (including phenoxy) is 1. The SMILES string of the molecule is CC1CCC(O)(CN2CCC(Oc3ccncc3)C2)CC1. The summed E-state index contributed by atoms with van der Waals surface area (Å²) in [5, 5.41) is 10.7. The number of aromatic nitrogens is 1. The van der Waals surface area contributed by atoms with E-state index in [2.05, 4.69) is 16.8 Å². The molecule has 1 aromatic rings. The van der Waals surface area contributed by atoms with Crippen molar-refractivity contribution in [2.45, 2.75) is 50.7 Å². The molecule has 1 N–H and O–H groups in total. The van der Waals surface area contributed by atoms with Crippen molar-refractivity contribution in [2.24, 2.45) is 5.92 Å². The molecular weight excluding hydrogens is 264 g/mol. The van der Waals surface area contributed by atoms with Crippen LogP contribution in [0.15, 0.2) is 24.5 Å². The van der Waals surface area contributed by atoms with Gasteiger partial charge in [0.1, 0.15) is 11.9 Å². The van der Waals surface area contributed by atoms with Crippen LogP contribution in [0.2, 0.25) is 0 Å². The van der Waals surface area contributed by atoms with Crippen LogP contribution in [0.3, 0.4) is 0 Å². The van der Waals surface area contributed by atoms with Crippen LogP contribution in [0.25, 0.3) is 0 Å². The molecule has 0 spiro atoms. The number of nitrogens with zero attached hydrogens (tertiary/aromatic N) is 2. The first kappa shape index (κ1) is 14.8. The molecule has 116 valence electrons. The van der Waals surface area contributed by atoms with Crippen molar-refractivity contribution in [1.29, 1.82) is 0 Å². The Bertz CT molecular complexity index is 443. The molecule has 1 aliphatic heterocycles. The van der Waals surface area contributed by atoms with Crippen molar-refractivity contribution in [1.82, 2.24) is 9.88 Å². The average molecular weight is 290 g/mol. The van der Waals surface area contributed by atoms with Crippen LogP contribution >= 0.6 is 0 Å². The van der Waals surface area contributed by atoms with Gasteiger partial charge in [0.25, 0.3) is 0 Å². The van der Waals surface area contributed by atoms with Gasteiger partial charge in [-0.05, 0) is 50.2 Å². The highest BCUT2D eigenvalue weighted by atomic mass is 16.5. The van der Waals surface area contributed by atoms with Gasteiger partial charge in [0.05, 0.1) is 5.60 Å². The van der Waals surface area contributed by atoms with Crippen molar-refractivity contribution in [2.75, 3.05) is 19.6 Å². The minimum atomic E-state index is -0.474. The third-order valence-electron chi connectivity index (χ3n) is 4.90. The van der Waals surface area contributed by atoms with Gasteiger partial charge in [0, 0.05) is 32.0 Å². The van der Waals surface area contributed by atoms with Crippen molar-refractivity contribution in [3.63, 3.8) is 0 Å². The molecule has 21 heavy (non-hydrogen) atoms. The normalized spacial score (nSPS) is 34.0. The van der Waals surface area contributed by atoms with E-state index in [1.54, 1.807) is 12.4 Å². The van der Waals surface area contributed by atoms with Gasteiger partial charge in [-0.25, -0.2) is 0 Å². The predicted molar refractivity (Wildman–Crippen MR) is 82.3 cm³/mol. The summed E-state index contributed by atoms with van der Waals surface area (Å²) < 4.78 is 5.98. The zero-order valence-corrected chi connectivity index (χ0v) is 12.9. The number of rotatable bonds is 4. The van der Waals surface area contributed by atoms with E-state index in [4.69, 9.17) is 4.74 Å². The largest absolute Gasteiger partial charge is 0.489 e. The molecule has 1 aromatic heterocycles. The number of hydrogen-bond donors (Lipinski definition) is 1. The highest BCUT2D eigenvalue weighted by molar-refractivity contribution is 5.17. The molecule has 1 saturated heterocycles. The van der Waals surface area contributed by atoms with Gasteiger partial charge in [0.2, 0.25) is 0 Å². The molecule has 3 rings (SSSR count). The van der Waals surface area contributed by atoms with Crippen LogP contribution in [-0.4, -0.2) is 46.3 Å². The lowest BCUT2D eigenvalue weighted by molar-refractivity contribution is -0.0320. The Labute approximate surface area is 127 Å². The Morgan fingerprint density at radius 1 is 1.29 bits per heavy atom. The maximum Gasteiger partial charge on any atom is 0.122 e. The highest BCUT2D eigenvalue weighted by Crippen LogP contribution is 2.33. The number of pyridine rings is 1. The summed E-state index contributed by atoms with van der Waals surface area (Å²) in [5.41, 5.74) is -0.474. The maximum absolute atomic E-state index is 10.7. The first-order valence-electron chi connectivity index (χ1n) is 8.14. The lowest BCUT2D eigenvalue weighted by atomic mass is 9.79. The molecule has 4 heteroatoms. The molecular formula is C17H26N2O2. The third-order valence-corrected chi connectivity index (χ3v) is 4.90. The standard InChI is InChI=1S/C17H26N2O2/c1-14-2-7-17(20,8-3-14)13-19-11-6-16(12-19)21-15-4-9-18-10-5-15/h4-5,9-10,14,16,20H,2-3,6-8,11-13H2,1H3. The topological polar surface area (TPSA) is 45.6 Å². The summed E-state index contributed by atoms with van der Waals surface area (Å²) in [4.78, 5) is 6.37. The van der Waals surface area contributed by atoms with Crippen molar-refractivity contribution in [3.05, 3.63) is 24.5 Å². The van der Waals surface area contributed by atoms with Gasteiger partial charge in [0.15, 0.2) is 0 Å². The molecule has 2 heterocycles. The van der Waals surface area contributed by atoms with Crippen LogP contribution in [0.5, 0.6) is 5.75 Å². The summed E-state index contributed by atoms with van der Waals surface area (Å²) >= 11 is 0. The van der Waals surface area contributed by atoms with E-state index in [0.29, 0.717) is 0 Å². The lowest BCUT2D eigenvalue weighted by Crippen LogP contribution is -2.45. The molecule has 0 aromatic carbocycles. The Balaban J connectivity index is 1.48. The van der Waals surface area contributed by atoms with Crippen LogP contribution in [0, 0.1) is 5.92 Å². The maximum atomic E-state index is 10.7. The minimum Gasteiger partial charge on any atom is -0.489 e. The van der Waals surface area contributed by atoms with E-state index in [9.17, 15) is 5.11 Å². The van der Waals surface area contributed by atoms with E-state index in [1.165, 1.54) is 0 Å². The second-order valence-electron chi connectivity index (χ2n) is 6.85. The van der Waals surface area contributed by atoms with E-state index >= 15 is 0 Å². The molecule has 2 fully saturated rings. The van der Waals surface area contributed by atoms with Gasteiger partial charge >= 0.3 is 0 Å². The molecule has 4 nitrogen and oxygen atoms in total. The number of hydrogen-bond acceptors (Lipinski definition) is 4. The summed E-state index contributed by atoms with van der Waals surface area (Å²) in [7, 11) is 0. The summed E-state index contributed by atoms with van der Waals surface area (Å²) in [6.45, 7) is 5.03. The van der Waals surface area contributed by atoms with Crippen molar-refractivity contribution < 1.29 is 9.84 Å². The molecule has 1 saturated carbocycles. The van der Waals surface area contributed by atoms with Crippen LogP contribution in [-0.2, 0) is 0 Å². The van der Waals surface area contributed by atoms with E-state index in [-0.39, 0.29) is 6.10 Å². The zero-order chi connectivity index (χ0) is 14.7. The monoisotopic (exact) mass is 290 g/mol. The van der Waals surface area contributed by atoms with E-state index in [0.717, 1.165) is 63.4 Å². The second-order valence-corrected chi connectivity index (χ2v) is 6.85. The second kappa shape index (κ2) is 6.32. The Morgan fingerprint density at radius 3 is 2.71 bits per heavy atom. The zero-order valence-electron chi connectivity index (χ0n) is 12.9. The van der Waals surface area contributed by atoms with Gasteiger partial charge in [-0.15, -0.1) is 0 Å². The first-order valence-corrected chi connectivity index (χ1v) is 8.14. The van der Waals surface area contributed by atoms with Gasteiger partial charge in [-0.1, -0.05) is 6.92 Å². The van der Waals surface area contributed by atoms with Crippen molar-refractivity contribution in [3.8, 4) is 5.75 Å². The van der Waals surface area contributed by atoms with E-state index in [1.807, 2.05) is 12.1 Å². The molecule has 0 bridgehead atoms. The molecule has 1 atom stereocenters. The Kier molecular flexibility index (Phi) is 4.45. The smallest absolute Gasteiger partial charge is 0.122 e. The summed E-state index contributed by atoms with van der Waals surface area (Å²) in [6.07, 6.45) is 8.99. The fourth-order valence-electron chi connectivity index (χ4n) is 3.52. The van der Waals surface area contributed by atoms with Gasteiger partial charge in [-0.2, -0.15) is 0 Å². The summed E-state index contributed by atoms with van der Waals surface area (Å²) in [6, 6.07) is 3.80. The fraction of sp³-hybridized carbons (Fsp3) is 0.706.